The second kappa shape index (κ2) is 6.74. The Kier molecular flexibility index (Phi) is 5.60. The molecule has 0 aliphatic carbocycles. The third-order valence-corrected chi connectivity index (χ3v) is 3.11. The molecule has 1 fully saturated rings. The molecule has 0 aromatic rings. The highest BCUT2D eigenvalue weighted by Gasteiger charge is 2.26. The number of piperidine rings is 1. The zero-order chi connectivity index (χ0) is 12.0. The Balaban J connectivity index is 2.31. The van der Waals surface area contributed by atoms with Gasteiger partial charge >= 0.3 is 0 Å². The van der Waals surface area contributed by atoms with Gasteiger partial charge in [0.25, 0.3) is 0 Å². The fraction of sp³-hybridized carbons (Fsp3) is 0.818. The Labute approximate surface area is 101 Å². The van der Waals surface area contributed by atoms with Crippen molar-refractivity contribution < 1.29 is 9.59 Å². The number of hydrogen-bond donors (Lipinski definition) is 1. The van der Waals surface area contributed by atoms with Gasteiger partial charge in [-0.25, -0.2) is 0 Å². The summed E-state index contributed by atoms with van der Waals surface area (Å²) in [6, 6.07) is 0. The molecule has 1 saturated heterocycles. The minimum Gasteiger partial charge on any atom is -0.356 e. The van der Waals surface area contributed by atoms with Crippen LogP contribution in [0.1, 0.15) is 26.2 Å². The summed E-state index contributed by atoms with van der Waals surface area (Å²) in [7, 11) is 0. The number of alkyl halides is 1. The number of carbonyl (C=O) groups is 2. The molecule has 0 spiro atoms. The van der Waals surface area contributed by atoms with Crippen molar-refractivity contribution in [3.05, 3.63) is 0 Å². The van der Waals surface area contributed by atoms with Crippen molar-refractivity contribution in [2.24, 2.45) is 5.92 Å². The van der Waals surface area contributed by atoms with Crippen LogP contribution in [-0.4, -0.2) is 42.2 Å². The molecular weight excluding hydrogens is 228 g/mol. The number of amides is 2. The third-order valence-electron chi connectivity index (χ3n) is 2.88. The molecule has 1 heterocycles. The van der Waals surface area contributed by atoms with Gasteiger partial charge in [0.05, 0.1) is 0 Å². The van der Waals surface area contributed by atoms with Crippen LogP contribution in [0, 0.1) is 5.92 Å². The van der Waals surface area contributed by atoms with Gasteiger partial charge in [-0.3, -0.25) is 9.59 Å². The first-order valence-electron chi connectivity index (χ1n) is 5.80. The summed E-state index contributed by atoms with van der Waals surface area (Å²) in [5.74, 6) is 0.187. The number of likely N-dealkylation sites (tertiary alicyclic amines) is 1. The first-order valence-corrected chi connectivity index (χ1v) is 6.34. The molecule has 1 N–H and O–H groups in total. The van der Waals surface area contributed by atoms with Crippen LogP contribution in [-0.2, 0) is 9.59 Å². The van der Waals surface area contributed by atoms with Gasteiger partial charge in [-0.15, -0.1) is 11.6 Å². The van der Waals surface area contributed by atoms with Crippen LogP contribution in [0.3, 0.4) is 0 Å². The van der Waals surface area contributed by atoms with Crippen LogP contribution in [0.4, 0.5) is 0 Å². The Morgan fingerprint density at radius 1 is 1.38 bits per heavy atom. The second-order valence-electron chi connectivity index (χ2n) is 4.08. The smallest absolute Gasteiger partial charge is 0.237 e. The molecule has 0 unspecified atom stereocenters. The highest BCUT2D eigenvalue weighted by Crippen LogP contribution is 2.17. The number of nitrogens with one attached hydrogen (secondary N) is 1. The van der Waals surface area contributed by atoms with E-state index in [1.807, 2.05) is 6.92 Å². The van der Waals surface area contributed by atoms with Crippen LogP contribution < -0.4 is 5.32 Å². The SMILES string of the molecule is CCCNC(=O)C1CCN(C(=O)CCl)CC1. The van der Waals surface area contributed by atoms with Gasteiger partial charge in [-0.1, -0.05) is 6.92 Å². The zero-order valence-electron chi connectivity index (χ0n) is 9.67. The van der Waals surface area contributed by atoms with E-state index in [4.69, 9.17) is 11.6 Å². The molecule has 1 rings (SSSR count). The van der Waals surface area contributed by atoms with Gasteiger partial charge in [0, 0.05) is 25.6 Å². The van der Waals surface area contributed by atoms with Crippen molar-refractivity contribution >= 4 is 23.4 Å². The minimum absolute atomic E-state index is 0.0333. The van der Waals surface area contributed by atoms with Crippen LogP contribution in [0.2, 0.25) is 0 Å². The molecule has 0 saturated carbocycles. The standard InChI is InChI=1S/C11H19ClN2O2/c1-2-5-13-11(16)9-3-6-14(7-4-9)10(15)8-12/h9H,2-8H2,1H3,(H,13,16). The van der Waals surface area contributed by atoms with Gasteiger partial charge in [0.1, 0.15) is 5.88 Å². The summed E-state index contributed by atoms with van der Waals surface area (Å²) >= 11 is 5.48. The molecule has 0 radical (unpaired) electrons. The highest BCUT2D eigenvalue weighted by molar-refractivity contribution is 6.27. The molecule has 0 bridgehead atoms. The molecule has 0 aromatic heterocycles. The Bertz CT molecular complexity index is 250. The Morgan fingerprint density at radius 2 is 2.00 bits per heavy atom. The van der Waals surface area contributed by atoms with E-state index in [9.17, 15) is 9.59 Å². The van der Waals surface area contributed by atoms with Crippen molar-refractivity contribution in [2.45, 2.75) is 26.2 Å². The summed E-state index contributed by atoms with van der Waals surface area (Å²) in [4.78, 5) is 24.7. The minimum atomic E-state index is -0.0333. The topological polar surface area (TPSA) is 49.4 Å². The number of halogens is 1. The number of carbonyl (C=O) groups excluding carboxylic acids is 2. The number of nitrogens with zero attached hydrogens (tertiary/aromatic N) is 1. The largest absolute Gasteiger partial charge is 0.356 e. The van der Waals surface area contributed by atoms with E-state index >= 15 is 0 Å². The normalized spacial score (nSPS) is 17.2. The molecule has 4 nitrogen and oxygen atoms in total. The maximum absolute atomic E-state index is 11.7. The van der Waals surface area contributed by atoms with Crippen molar-refractivity contribution in [2.75, 3.05) is 25.5 Å². The van der Waals surface area contributed by atoms with E-state index in [0.29, 0.717) is 13.1 Å². The van der Waals surface area contributed by atoms with Gasteiger partial charge in [-0.05, 0) is 19.3 Å². The van der Waals surface area contributed by atoms with Crippen molar-refractivity contribution in [1.29, 1.82) is 0 Å². The summed E-state index contributed by atoms with van der Waals surface area (Å²) < 4.78 is 0. The van der Waals surface area contributed by atoms with Crippen LogP contribution in [0.5, 0.6) is 0 Å². The molecule has 2 amide bonds. The molecule has 16 heavy (non-hydrogen) atoms. The van der Waals surface area contributed by atoms with Crippen molar-refractivity contribution in [3.63, 3.8) is 0 Å². The lowest BCUT2D eigenvalue weighted by Crippen LogP contribution is -2.43. The quantitative estimate of drug-likeness (QED) is 0.752. The molecule has 5 heteroatoms. The van der Waals surface area contributed by atoms with Gasteiger partial charge in [0.2, 0.25) is 11.8 Å². The van der Waals surface area contributed by atoms with Crippen molar-refractivity contribution in [3.8, 4) is 0 Å². The predicted molar refractivity (Wildman–Crippen MR) is 63.3 cm³/mol. The molecule has 0 atom stereocenters. The predicted octanol–water partition coefficient (Wildman–Crippen LogP) is 0.990. The first kappa shape index (κ1) is 13.3. The highest BCUT2D eigenvalue weighted by atomic mass is 35.5. The Morgan fingerprint density at radius 3 is 2.50 bits per heavy atom. The number of rotatable bonds is 4. The van der Waals surface area contributed by atoms with Crippen molar-refractivity contribution in [1.82, 2.24) is 10.2 Å². The average Bonchev–Trinajstić information content (AvgIpc) is 2.35. The number of hydrogen-bond acceptors (Lipinski definition) is 2. The maximum atomic E-state index is 11.7. The zero-order valence-corrected chi connectivity index (χ0v) is 10.4. The van der Waals surface area contributed by atoms with E-state index in [1.54, 1.807) is 4.90 Å². The lowest BCUT2D eigenvalue weighted by molar-refractivity contribution is -0.133. The second-order valence-corrected chi connectivity index (χ2v) is 4.35. The van der Waals surface area contributed by atoms with Gasteiger partial charge in [0.15, 0.2) is 0 Å². The Hall–Kier alpha value is -0.770. The third kappa shape index (κ3) is 3.67. The van der Waals surface area contributed by atoms with E-state index in [-0.39, 0.29) is 23.6 Å². The molecule has 1 aliphatic rings. The monoisotopic (exact) mass is 246 g/mol. The summed E-state index contributed by atoms with van der Waals surface area (Å²) in [5.41, 5.74) is 0. The maximum Gasteiger partial charge on any atom is 0.237 e. The van der Waals surface area contributed by atoms with Crippen LogP contribution in [0.15, 0.2) is 0 Å². The van der Waals surface area contributed by atoms with Crippen LogP contribution in [0.25, 0.3) is 0 Å². The lowest BCUT2D eigenvalue weighted by atomic mass is 9.96. The molecule has 0 aromatic carbocycles. The van der Waals surface area contributed by atoms with Gasteiger partial charge in [-0.2, -0.15) is 0 Å². The lowest BCUT2D eigenvalue weighted by Gasteiger charge is -2.30. The fourth-order valence-corrected chi connectivity index (χ4v) is 2.04. The summed E-state index contributed by atoms with van der Waals surface area (Å²) in [5, 5.41) is 2.89. The molecule has 92 valence electrons. The molecular formula is C11H19ClN2O2. The van der Waals surface area contributed by atoms with Gasteiger partial charge < -0.3 is 10.2 Å². The fourth-order valence-electron chi connectivity index (χ4n) is 1.87. The average molecular weight is 247 g/mol. The molecule has 1 aliphatic heterocycles. The van der Waals surface area contributed by atoms with E-state index < -0.39 is 0 Å². The van der Waals surface area contributed by atoms with E-state index in [2.05, 4.69) is 5.32 Å². The summed E-state index contributed by atoms with van der Waals surface area (Å²) in [6.07, 6.45) is 2.45. The summed E-state index contributed by atoms with van der Waals surface area (Å²) in [6.45, 7) is 4.06. The first-order chi connectivity index (χ1) is 7.69. The van der Waals surface area contributed by atoms with Crippen LogP contribution >= 0.6 is 11.6 Å². The van der Waals surface area contributed by atoms with E-state index in [0.717, 1.165) is 25.8 Å². The van der Waals surface area contributed by atoms with E-state index in [1.165, 1.54) is 0 Å².